The average Bonchev–Trinajstić information content (AvgIpc) is 3.39. The van der Waals surface area contributed by atoms with E-state index in [1.54, 1.807) is 0 Å². The van der Waals surface area contributed by atoms with Crippen molar-refractivity contribution in [2.75, 3.05) is 33.5 Å². The van der Waals surface area contributed by atoms with Crippen LogP contribution >= 0.6 is 0 Å². The van der Waals surface area contributed by atoms with Gasteiger partial charge in [0.25, 0.3) is 0 Å². The average molecular weight is 723 g/mol. The number of phenols is 1. The molecule has 1 aromatic rings. The first-order valence-corrected chi connectivity index (χ1v) is 15.6. The van der Waals surface area contributed by atoms with Crippen molar-refractivity contribution in [3.63, 3.8) is 0 Å². The minimum atomic E-state index is -1.80. The number of methoxy groups -OCH3 is 1. The summed E-state index contributed by atoms with van der Waals surface area (Å²) >= 11 is 0. The third-order valence-electron chi connectivity index (χ3n) is 8.53. The van der Waals surface area contributed by atoms with Crippen LogP contribution in [0.25, 0.3) is 6.08 Å². The molecule has 1 aromatic carbocycles. The Kier molecular flexibility index (Phi) is 13.0. The van der Waals surface area contributed by atoms with Crippen molar-refractivity contribution >= 4 is 12.0 Å². The molecule has 4 aliphatic rings. The summed E-state index contributed by atoms with van der Waals surface area (Å²) in [6.07, 6.45) is -23.1. The first kappa shape index (κ1) is 38.6. The van der Waals surface area contributed by atoms with Gasteiger partial charge in [-0.25, -0.2) is 4.79 Å². The molecule has 0 aliphatic carbocycles. The molecule has 0 radical (unpaired) electrons. The highest BCUT2D eigenvalue weighted by atomic mass is 16.8. The zero-order chi connectivity index (χ0) is 36.3. The minimum Gasteiger partial charge on any atom is -0.504 e. The number of ether oxygens (including phenoxy) is 9. The van der Waals surface area contributed by atoms with Gasteiger partial charge < -0.3 is 93.7 Å². The largest absolute Gasteiger partial charge is 0.504 e. The SMILES string of the molecule is COc1cc(/C=C/C(=O)OC[C@@H]2O[C@@H](O[C@@H]3[C@@H](O)[C@H](O[C@@H]4CO[C@@H](O)[C@H](O)[C@H]4O)OC[C@H]3O)[C@H](O[C@@H]3OC[C@@H](O)[C@H](O)[C@H]3O)[C@H]2O)ccc1O. The van der Waals surface area contributed by atoms with E-state index in [2.05, 4.69) is 0 Å². The maximum atomic E-state index is 12.5. The van der Waals surface area contributed by atoms with Crippen LogP contribution in [0.15, 0.2) is 24.3 Å². The Morgan fingerprint density at radius 2 is 1.44 bits per heavy atom. The van der Waals surface area contributed by atoms with Gasteiger partial charge in [-0.05, 0) is 23.8 Å². The molecule has 4 saturated heterocycles. The highest BCUT2D eigenvalue weighted by Crippen LogP contribution is 2.33. The Morgan fingerprint density at radius 1 is 0.760 bits per heavy atom. The lowest BCUT2D eigenvalue weighted by Crippen LogP contribution is -2.60. The number of benzene rings is 1. The first-order chi connectivity index (χ1) is 23.8. The van der Waals surface area contributed by atoms with Gasteiger partial charge in [0, 0.05) is 6.08 Å². The standard InChI is InChI=1S/C30H42O20/c1-42-15-6-11(2-4-12(15)31)3-5-18(34)43-9-17-21(37)26(50-28-23(39)19(35)13(32)7-45-28)30(48-17)49-25-14(33)8-46-29(24(25)40)47-16-10-44-27(41)22(38)20(16)36/h2-6,13-14,16-17,19-33,35-41H,7-10H2,1H3/b5-3+/t13-,14-,16-,17+,19+,20+,21+,22-,23-,24-,25+,26-,27-,28+,29+,30+/m1/s1. The maximum Gasteiger partial charge on any atom is 0.330 e. The van der Waals surface area contributed by atoms with E-state index < -0.39 is 131 Å². The fourth-order valence-electron chi connectivity index (χ4n) is 5.61. The van der Waals surface area contributed by atoms with Gasteiger partial charge in [0.1, 0.15) is 79.9 Å². The number of carbonyl (C=O) groups is 1. The third-order valence-corrected chi connectivity index (χ3v) is 8.53. The van der Waals surface area contributed by atoms with Gasteiger partial charge >= 0.3 is 5.97 Å². The molecule has 4 fully saturated rings. The summed E-state index contributed by atoms with van der Waals surface area (Å²) in [5.74, 6) is -0.794. The molecular weight excluding hydrogens is 680 g/mol. The predicted octanol–water partition coefficient (Wildman–Crippen LogP) is -5.21. The van der Waals surface area contributed by atoms with Gasteiger partial charge in [0.15, 0.2) is 36.7 Å². The molecule has 20 heteroatoms. The summed E-state index contributed by atoms with van der Waals surface area (Å²) in [5, 5.41) is 103. The Labute approximate surface area is 284 Å². The Hall–Kier alpha value is -2.61. The van der Waals surface area contributed by atoms with E-state index in [9.17, 15) is 55.9 Å². The zero-order valence-corrected chi connectivity index (χ0v) is 26.5. The van der Waals surface area contributed by atoms with E-state index in [1.807, 2.05) is 0 Å². The monoisotopic (exact) mass is 722 g/mol. The predicted molar refractivity (Wildman–Crippen MR) is 157 cm³/mol. The first-order valence-electron chi connectivity index (χ1n) is 15.6. The van der Waals surface area contributed by atoms with E-state index in [0.717, 1.165) is 6.08 Å². The topological polar surface area (TPSA) is 302 Å². The zero-order valence-electron chi connectivity index (χ0n) is 26.5. The van der Waals surface area contributed by atoms with Crippen molar-refractivity contribution in [3.8, 4) is 11.5 Å². The minimum absolute atomic E-state index is 0.105. The van der Waals surface area contributed by atoms with E-state index in [4.69, 9.17) is 42.6 Å². The summed E-state index contributed by atoms with van der Waals surface area (Å²) < 4.78 is 48.8. The summed E-state index contributed by atoms with van der Waals surface area (Å²) in [7, 11) is 1.36. The summed E-state index contributed by atoms with van der Waals surface area (Å²) in [6, 6.07) is 4.35. The van der Waals surface area contributed by atoms with Gasteiger partial charge in [-0.3, -0.25) is 0 Å². The number of aliphatic hydroxyl groups is 9. The number of hydrogen-bond acceptors (Lipinski definition) is 20. The molecule has 50 heavy (non-hydrogen) atoms. The van der Waals surface area contributed by atoms with Crippen LogP contribution in [0.3, 0.4) is 0 Å². The molecule has 0 amide bonds. The fraction of sp³-hybridized carbons (Fsp3) is 0.700. The van der Waals surface area contributed by atoms with Crippen molar-refractivity contribution < 1.29 is 98.5 Å². The smallest absolute Gasteiger partial charge is 0.330 e. The molecule has 5 rings (SSSR count). The quantitative estimate of drug-likeness (QED) is 0.0754. The Bertz CT molecular complexity index is 1300. The van der Waals surface area contributed by atoms with E-state index in [0.29, 0.717) is 5.56 Å². The molecule has 0 saturated carbocycles. The number of aromatic hydroxyl groups is 1. The van der Waals surface area contributed by atoms with Crippen LogP contribution in [0.4, 0.5) is 0 Å². The second kappa shape index (κ2) is 16.8. The molecule has 0 aromatic heterocycles. The van der Waals surface area contributed by atoms with Crippen LogP contribution in [-0.4, -0.2) is 189 Å². The van der Waals surface area contributed by atoms with E-state index in [1.165, 1.54) is 31.4 Å². The van der Waals surface area contributed by atoms with Crippen LogP contribution in [0, 0.1) is 0 Å². The molecule has 0 spiro atoms. The molecule has 10 N–H and O–H groups in total. The molecule has 0 bridgehead atoms. The number of aliphatic hydroxyl groups excluding tert-OH is 9. The second-order valence-corrected chi connectivity index (χ2v) is 12.0. The van der Waals surface area contributed by atoms with E-state index >= 15 is 0 Å². The number of esters is 1. The molecule has 4 heterocycles. The van der Waals surface area contributed by atoms with Crippen LogP contribution < -0.4 is 4.74 Å². The number of rotatable bonds is 11. The van der Waals surface area contributed by atoms with Gasteiger partial charge in [0.05, 0.1) is 26.9 Å². The Balaban J connectivity index is 1.27. The molecule has 0 unspecified atom stereocenters. The van der Waals surface area contributed by atoms with Crippen molar-refractivity contribution in [1.82, 2.24) is 0 Å². The fourth-order valence-corrected chi connectivity index (χ4v) is 5.61. The lowest BCUT2D eigenvalue weighted by Gasteiger charge is -2.42. The van der Waals surface area contributed by atoms with Gasteiger partial charge in [-0.15, -0.1) is 0 Å². The molecule has 16 atom stereocenters. The van der Waals surface area contributed by atoms with E-state index in [-0.39, 0.29) is 11.5 Å². The number of phenolic OH excluding ortho intramolecular Hbond substituents is 1. The lowest BCUT2D eigenvalue weighted by atomic mass is 10.0. The molecule has 4 aliphatic heterocycles. The van der Waals surface area contributed by atoms with Gasteiger partial charge in [-0.1, -0.05) is 6.07 Å². The van der Waals surface area contributed by atoms with Crippen molar-refractivity contribution in [2.24, 2.45) is 0 Å². The van der Waals surface area contributed by atoms with Crippen LogP contribution in [-0.2, 0) is 42.7 Å². The highest BCUT2D eigenvalue weighted by molar-refractivity contribution is 5.87. The Morgan fingerprint density at radius 3 is 2.16 bits per heavy atom. The normalized spacial score (nSPS) is 42.4. The second-order valence-electron chi connectivity index (χ2n) is 12.0. The lowest BCUT2D eigenvalue weighted by molar-refractivity contribution is -0.346. The highest BCUT2D eigenvalue weighted by Gasteiger charge is 2.53. The summed E-state index contributed by atoms with van der Waals surface area (Å²) in [6.45, 7) is -1.89. The molecule has 20 nitrogen and oxygen atoms in total. The van der Waals surface area contributed by atoms with Crippen LogP contribution in [0.5, 0.6) is 11.5 Å². The maximum absolute atomic E-state index is 12.5. The van der Waals surface area contributed by atoms with Gasteiger partial charge in [-0.2, -0.15) is 0 Å². The third kappa shape index (κ3) is 8.70. The summed E-state index contributed by atoms with van der Waals surface area (Å²) in [5.41, 5.74) is 0.490. The van der Waals surface area contributed by atoms with Crippen LogP contribution in [0.1, 0.15) is 5.56 Å². The molecule has 282 valence electrons. The van der Waals surface area contributed by atoms with Crippen molar-refractivity contribution in [3.05, 3.63) is 29.8 Å². The number of carbonyl (C=O) groups excluding carboxylic acids is 1. The van der Waals surface area contributed by atoms with Crippen molar-refractivity contribution in [1.29, 1.82) is 0 Å². The molecular formula is C30H42O20. The number of hydrogen-bond donors (Lipinski definition) is 10. The van der Waals surface area contributed by atoms with Gasteiger partial charge in [0.2, 0.25) is 0 Å². The van der Waals surface area contributed by atoms with Crippen molar-refractivity contribution in [2.45, 2.75) is 98.4 Å². The summed E-state index contributed by atoms with van der Waals surface area (Å²) in [4.78, 5) is 12.5. The van der Waals surface area contributed by atoms with Crippen LogP contribution in [0.2, 0.25) is 0 Å².